The quantitative estimate of drug-likeness (QED) is 0.685. The summed E-state index contributed by atoms with van der Waals surface area (Å²) < 4.78 is 5.00. The normalized spacial score (nSPS) is 34.1. The van der Waals surface area contributed by atoms with Gasteiger partial charge < -0.3 is 10.1 Å². The number of carbonyl (C=O) groups excluding carboxylic acids is 1. The van der Waals surface area contributed by atoms with Crippen molar-refractivity contribution < 1.29 is 14.5 Å². The molecule has 1 amide bonds. The Labute approximate surface area is 128 Å². The highest BCUT2D eigenvalue weighted by atomic mass is 16.6. The lowest BCUT2D eigenvalue weighted by molar-refractivity contribution is -0.384. The summed E-state index contributed by atoms with van der Waals surface area (Å²) in [6.07, 6.45) is 3.78. The lowest BCUT2D eigenvalue weighted by Gasteiger charge is -2.10. The van der Waals surface area contributed by atoms with Gasteiger partial charge in [0.05, 0.1) is 18.1 Å². The molecule has 3 aliphatic rings. The van der Waals surface area contributed by atoms with Crippen LogP contribution in [0.2, 0.25) is 0 Å². The SMILES string of the molecule is COc1ccc(NC(=O)C2[C@@H]3[C@H]4CC[C@@H](C4)[C@H]23)c([N+](=O)[O-])c1. The van der Waals surface area contributed by atoms with Crippen LogP contribution in [0.25, 0.3) is 0 Å². The Morgan fingerprint density at radius 3 is 2.59 bits per heavy atom. The van der Waals surface area contributed by atoms with Gasteiger partial charge in [0.2, 0.25) is 5.91 Å². The molecule has 5 atom stereocenters. The fourth-order valence-electron chi connectivity index (χ4n) is 4.79. The molecule has 6 heteroatoms. The first-order valence-electron chi connectivity index (χ1n) is 7.73. The highest BCUT2D eigenvalue weighted by Gasteiger charge is 2.67. The summed E-state index contributed by atoms with van der Waals surface area (Å²) in [7, 11) is 1.46. The molecule has 22 heavy (non-hydrogen) atoms. The summed E-state index contributed by atoms with van der Waals surface area (Å²) in [5, 5.41) is 13.9. The number of carbonyl (C=O) groups is 1. The van der Waals surface area contributed by atoms with E-state index < -0.39 is 4.92 Å². The second kappa shape index (κ2) is 4.69. The van der Waals surface area contributed by atoms with E-state index >= 15 is 0 Å². The molecule has 0 spiro atoms. The van der Waals surface area contributed by atoms with Crippen LogP contribution in [0.15, 0.2) is 18.2 Å². The van der Waals surface area contributed by atoms with Crippen LogP contribution in [0.1, 0.15) is 19.3 Å². The number of nitro benzene ring substituents is 1. The minimum absolute atomic E-state index is 0.0557. The maximum absolute atomic E-state index is 12.5. The van der Waals surface area contributed by atoms with E-state index in [-0.39, 0.29) is 23.2 Å². The molecule has 3 fully saturated rings. The molecule has 116 valence electrons. The third kappa shape index (κ3) is 1.90. The largest absolute Gasteiger partial charge is 0.496 e. The number of methoxy groups -OCH3 is 1. The Kier molecular flexibility index (Phi) is 2.89. The number of anilines is 1. The van der Waals surface area contributed by atoms with Gasteiger partial charge in [-0.15, -0.1) is 0 Å². The van der Waals surface area contributed by atoms with E-state index in [4.69, 9.17) is 4.74 Å². The number of hydrogen-bond acceptors (Lipinski definition) is 4. The van der Waals surface area contributed by atoms with Crippen LogP contribution in [0.4, 0.5) is 11.4 Å². The van der Waals surface area contributed by atoms with E-state index in [1.807, 2.05) is 0 Å². The van der Waals surface area contributed by atoms with Gasteiger partial charge in [0.25, 0.3) is 5.69 Å². The molecule has 1 N–H and O–H groups in total. The fourth-order valence-corrected chi connectivity index (χ4v) is 4.79. The average molecular weight is 302 g/mol. The monoisotopic (exact) mass is 302 g/mol. The third-order valence-electron chi connectivity index (χ3n) is 5.70. The summed E-state index contributed by atoms with van der Waals surface area (Å²) in [5.74, 6) is 2.87. The van der Waals surface area contributed by atoms with Crippen molar-refractivity contribution >= 4 is 17.3 Å². The Morgan fingerprint density at radius 1 is 1.32 bits per heavy atom. The molecule has 3 aliphatic carbocycles. The molecule has 1 unspecified atom stereocenters. The molecule has 4 rings (SSSR count). The highest BCUT2D eigenvalue weighted by Crippen LogP contribution is 2.69. The molecule has 2 bridgehead atoms. The van der Waals surface area contributed by atoms with E-state index in [1.165, 1.54) is 32.4 Å². The van der Waals surface area contributed by atoms with Crippen molar-refractivity contribution in [1.29, 1.82) is 0 Å². The third-order valence-corrected chi connectivity index (χ3v) is 5.70. The molecule has 1 aromatic rings. The molecule has 0 heterocycles. The zero-order chi connectivity index (χ0) is 15.4. The molecule has 0 aliphatic heterocycles. The van der Waals surface area contributed by atoms with Gasteiger partial charge in [-0.3, -0.25) is 14.9 Å². The maximum atomic E-state index is 12.5. The zero-order valence-electron chi connectivity index (χ0n) is 12.3. The molecular weight excluding hydrogens is 284 g/mol. The van der Waals surface area contributed by atoms with Crippen LogP contribution >= 0.6 is 0 Å². The van der Waals surface area contributed by atoms with Crippen molar-refractivity contribution in [2.75, 3.05) is 12.4 Å². The highest BCUT2D eigenvalue weighted by molar-refractivity contribution is 5.97. The van der Waals surface area contributed by atoms with Gasteiger partial charge in [-0.25, -0.2) is 0 Å². The van der Waals surface area contributed by atoms with Crippen molar-refractivity contribution in [3.8, 4) is 5.75 Å². The van der Waals surface area contributed by atoms with Crippen molar-refractivity contribution in [3.05, 3.63) is 28.3 Å². The lowest BCUT2D eigenvalue weighted by atomic mass is 10.0. The van der Waals surface area contributed by atoms with Crippen LogP contribution in [0.3, 0.4) is 0 Å². The van der Waals surface area contributed by atoms with Crippen LogP contribution < -0.4 is 10.1 Å². The van der Waals surface area contributed by atoms with E-state index in [1.54, 1.807) is 12.1 Å². The smallest absolute Gasteiger partial charge is 0.296 e. The molecule has 0 radical (unpaired) electrons. The lowest BCUT2D eigenvalue weighted by Crippen LogP contribution is -2.19. The summed E-state index contributed by atoms with van der Waals surface area (Å²) in [6, 6.07) is 4.51. The maximum Gasteiger partial charge on any atom is 0.296 e. The van der Waals surface area contributed by atoms with E-state index in [0.29, 0.717) is 29.4 Å². The topological polar surface area (TPSA) is 81.5 Å². The van der Waals surface area contributed by atoms with Crippen molar-refractivity contribution in [1.82, 2.24) is 0 Å². The number of rotatable bonds is 4. The minimum Gasteiger partial charge on any atom is -0.496 e. The first kappa shape index (κ1) is 13.5. The predicted molar refractivity (Wildman–Crippen MR) is 79.6 cm³/mol. The minimum atomic E-state index is -0.491. The second-order valence-corrected chi connectivity index (χ2v) is 6.64. The Morgan fingerprint density at radius 2 is 2.00 bits per heavy atom. The van der Waals surface area contributed by atoms with Crippen molar-refractivity contribution in [2.45, 2.75) is 19.3 Å². The van der Waals surface area contributed by atoms with Gasteiger partial charge in [-0.05, 0) is 55.1 Å². The molecule has 0 aromatic heterocycles. The first-order chi connectivity index (χ1) is 10.6. The number of ether oxygens (including phenoxy) is 1. The van der Waals surface area contributed by atoms with Crippen LogP contribution in [-0.2, 0) is 4.79 Å². The van der Waals surface area contributed by atoms with E-state index in [2.05, 4.69) is 5.32 Å². The van der Waals surface area contributed by atoms with Gasteiger partial charge >= 0.3 is 0 Å². The number of nitro groups is 1. The van der Waals surface area contributed by atoms with Crippen LogP contribution in [0.5, 0.6) is 5.75 Å². The van der Waals surface area contributed by atoms with Gasteiger partial charge in [0.15, 0.2) is 0 Å². The Balaban J connectivity index is 1.52. The second-order valence-electron chi connectivity index (χ2n) is 6.64. The number of amides is 1. The molecule has 3 saturated carbocycles. The molecular formula is C16H18N2O4. The molecule has 0 saturated heterocycles. The van der Waals surface area contributed by atoms with Crippen LogP contribution in [0, 0.1) is 39.7 Å². The summed E-state index contributed by atoms with van der Waals surface area (Å²) in [5.41, 5.74) is 0.134. The Bertz CT molecular complexity index is 644. The average Bonchev–Trinajstić information content (AvgIpc) is 2.96. The Hall–Kier alpha value is -2.11. The number of nitrogens with one attached hydrogen (secondary N) is 1. The summed E-state index contributed by atoms with van der Waals surface area (Å²) >= 11 is 0. The number of hydrogen-bond donors (Lipinski definition) is 1. The first-order valence-corrected chi connectivity index (χ1v) is 7.73. The van der Waals surface area contributed by atoms with Crippen molar-refractivity contribution in [3.63, 3.8) is 0 Å². The number of benzene rings is 1. The summed E-state index contributed by atoms with van der Waals surface area (Å²) in [6.45, 7) is 0. The summed E-state index contributed by atoms with van der Waals surface area (Å²) in [4.78, 5) is 23.1. The van der Waals surface area contributed by atoms with E-state index in [0.717, 1.165) is 0 Å². The van der Waals surface area contributed by atoms with Gasteiger partial charge in [0, 0.05) is 5.92 Å². The zero-order valence-corrected chi connectivity index (χ0v) is 12.3. The standard InChI is InChI=1S/C16H18N2O4/c1-22-10-4-5-11(12(7-10)18(20)21)17-16(19)15-13-8-2-3-9(6-8)14(13)15/h4-5,7-9,13-15H,2-3,6H2,1H3,(H,17,19)/t8-,9-,13-,14+,15?/m0/s1. The van der Waals surface area contributed by atoms with Gasteiger partial charge in [0.1, 0.15) is 11.4 Å². The number of nitrogens with zero attached hydrogens (tertiary/aromatic N) is 1. The fraction of sp³-hybridized carbons (Fsp3) is 0.562. The van der Waals surface area contributed by atoms with Crippen LogP contribution in [-0.4, -0.2) is 17.9 Å². The number of fused-ring (bicyclic) bond motifs is 5. The van der Waals surface area contributed by atoms with Crippen molar-refractivity contribution in [2.24, 2.45) is 29.6 Å². The van der Waals surface area contributed by atoms with Gasteiger partial charge in [-0.2, -0.15) is 0 Å². The molecule has 6 nitrogen and oxygen atoms in total. The predicted octanol–water partition coefficient (Wildman–Crippen LogP) is 2.83. The van der Waals surface area contributed by atoms with Gasteiger partial charge in [-0.1, -0.05) is 0 Å². The van der Waals surface area contributed by atoms with E-state index in [9.17, 15) is 14.9 Å². The molecule has 1 aromatic carbocycles.